The highest BCUT2D eigenvalue weighted by Crippen LogP contribution is 1.84. The van der Waals surface area contributed by atoms with Gasteiger partial charge in [-0.05, 0) is 14.1 Å². The number of hydrazine groups is 1. The smallest absolute Gasteiger partial charge is 0.236 e. The third kappa shape index (κ3) is 9.44. The number of carbonyl (C=O) groups is 1. The molecule has 0 rings (SSSR count). The van der Waals surface area contributed by atoms with Crippen LogP contribution in [0.4, 0.5) is 0 Å². The average molecular weight is 203 g/mol. The SMILES string of the molecule is CN(C)CCOCCC(=O)NN(C)C. The van der Waals surface area contributed by atoms with Crippen molar-refractivity contribution in [3.05, 3.63) is 0 Å². The van der Waals surface area contributed by atoms with Crippen LogP contribution in [-0.4, -0.2) is 63.8 Å². The van der Waals surface area contributed by atoms with Crippen molar-refractivity contribution in [2.24, 2.45) is 0 Å². The van der Waals surface area contributed by atoms with Crippen molar-refractivity contribution < 1.29 is 9.53 Å². The summed E-state index contributed by atoms with van der Waals surface area (Å²) < 4.78 is 5.28. The van der Waals surface area contributed by atoms with Gasteiger partial charge in [-0.1, -0.05) is 0 Å². The Labute approximate surface area is 86.0 Å². The van der Waals surface area contributed by atoms with Crippen molar-refractivity contribution in [3.8, 4) is 0 Å². The summed E-state index contributed by atoms with van der Waals surface area (Å²) in [4.78, 5) is 13.1. The van der Waals surface area contributed by atoms with Gasteiger partial charge in [0.25, 0.3) is 0 Å². The quantitative estimate of drug-likeness (QED) is 0.449. The van der Waals surface area contributed by atoms with Crippen LogP contribution in [0, 0.1) is 0 Å². The fourth-order valence-electron chi connectivity index (χ4n) is 0.819. The Balaban J connectivity index is 3.23. The van der Waals surface area contributed by atoms with E-state index in [1.54, 1.807) is 19.1 Å². The Bertz CT molecular complexity index is 160. The lowest BCUT2D eigenvalue weighted by Crippen LogP contribution is -2.36. The van der Waals surface area contributed by atoms with Crippen LogP contribution in [0.3, 0.4) is 0 Å². The molecule has 0 fully saturated rings. The van der Waals surface area contributed by atoms with E-state index in [1.807, 2.05) is 19.0 Å². The van der Waals surface area contributed by atoms with Crippen LogP contribution in [0.2, 0.25) is 0 Å². The zero-order valence-electron chi connectivity index (χ0n) is 9.54. The topological polar surface area (TPSA) is 44.8 Å². The molecular weight excluding hydrogens is 182 g/mol. The Morgan fingerprint density at radius 1 is 1.21 bits per heavy atom. The number of rotatable bonds is 7. The van der Waals surface area contributed by atoms with Gasteiger partial charge in [0.05, 0.1) is 19.6 Å². The van der Waals surface area contributed by atoms with Gasteiger partial charge in [0.1, 0.15) is 0 Å². The van der Waals surface area contributed by atoms with E-state index in [2.05, 4.69) is 5.43 Å². The lowest BCUT2D eigenvalue weighted by molar-refractivity contribution is -0.125. The van der Waals surface area contributed by atoms with Gasteiger partial charge in [-0.15, -0.1) is 0 Å². The van der Waals surface area contributed by atoms with Gasteiger partial charge in [-0.25, -0.2) is 5.01 Å². The predicted molar refractivity (Wildman–Crippen MR) is 55.8 cm³/mol. The standard InChI is InChI=1S/C9H21N3O2/c1-11(2)6-8-14-7-5-9(13)10-12(3)4/h5-8H2,1-4H3,(H,10,13). The molecule has 5 nitrogen and oxygen atoms in total. The van der Waals surface area contributed by atoms with Gasteiger partial charge in [-0.2, -0.15) is 0 Å². The molecule has 0 aromatic heterocycles. The first kappa shape index (κ1) is 13.4. The van der Waals surface area contributed by atoms with E-state index in [0.29, 0.717) is 19.6 Å². The summed E-state index contributed by atoms with van der Waals surface area (Å²) in [6.45, 7) is 2.03. The summed E-state index contributed by atoms with van der Waals surface area (Å²) >= 11 is 0. The number of nitrogens with one attached hydrogen (secondary N) is 1. The van der Waals surface area contributed by atoms with E-state index >= 15 is 0 Å². The highest BCUT2D eigenvalue weighted by Gasteiger charge is 2.01. The highest BCUT2D eigenvalue weighted by molar-refractivity contribution is 5.75. The average Bonchev–Trinajstić information content (AvgIpc) is 2.01. The maximum Gasteiger partial charge on any atom is 0.236 e. The molecule has 0 spiro atoms. The van der Waals surface area contributed by atoms with Gasteiger partial charge < -0.3 is 9.64 Å². The molecule has 0 aliphatic rings. The molecule has 1 amide bonds. The summed E-state index contributed by atoms with van der Waals surface area (Å²) in [5, 5.41) is 1.63. The first-order chi connectivity index (χ1) is 6.52. The molecule has 0 aliphatic heterocycles. The molecule has 84 valence electrons. The largest absolute Gasteiger partial charge is 0.380 e. The van der Waals surface area contributed by atoms with Crippen molar-refractivity contribution in [2.45, 2.75) is 6.42 Å². The summed E-state index contributed by atoms with van der Waals surface area (Å²) in [5.41, 5.74) is 2.65. The molecule has 5 heteroatoms. The molecule has 0 aromatic rings. The van der Waals surface area contributed by atoms with Crippen LogP contribution in [-0.2, 0) is 9.53 Å². The number of hydrogen-bond acceptors (Lipinski definition) is 4. The van der Waals surface area contributed by atoms with Crippen LogP contribution in [0.1, 0.15) is 6.42 Å². The molecule has 0 radical (unpaired) electrons. The minimum atomic E-state index is -0.0140. The Morgan fingerprint density at radius 2 is 1.86 bits per heavy atom. The van der Waals surface area contributed by atoms with Crippen molar-refractivity contribution >= 4 is 5.91 Å². The second-order valence-electron chi connectivity index (χ2n) is 3.60. The van der Waals surface area contributed by atoms with E-state index in [9.17, 15) is 4.79 Å². The van der Waals surface area contributed by atoms with E-state index in [1.165, 1.54) is 0 Å². The normalized spacial score (nSPS) is 11.0. The number of carbonyl (C=O) groups excluding carboxylic acids is 1. The van der Waals surface area contributed by atoms with Crippen LogP contribution in [0.15, 0.2) is 0 Å². The summed E-state index contributed by atoms with van der Waals surface area (Å²) in [6.07, 6.45) is 0.408. The number of likely N-dealkylation sites (N-methyl/N-ethyl adjacent to an activating group) is 1. The number of amides is 1. The van der Waals surface area contributed by atoms with Gasteiger partial charge >= 0.3 is 0 Å². The van der Waals surface area contributed by atoms with Gasteiger partial charge in [0.15, 0.2) is 0 Å². The van der Waals surface area contributed by atoms with Crippen molar-refractivity contribution in [1.29, 1.82) is 0 Å². The zero-order chi connectivity index (χ0) is 11.0. The van der Waals surface area contributed by atoms with Gasteiger partial charge in [-0.3, -0.25) is 10.2 Å². The van der Waals surface area contributed by atoms with E-state index < -0.39 is 0 Å². The molecule has 0 unspecified atom stereocenters. The molecule has 0 heterocycles. The molecule has 14 heavy (non-hydrogen) atoms. The lowest BCUT2D eigenvalue weighted by atomic mass is 10.4. The van der Waals surface area contributed by atoms with Gasteiger partial charge in [0, 0.05) is 20.6 Å². The molecule has 1 N–H and O–H groups in total. The lowest BCUT2D eigenvalue weighted by Gasteiger charge is -2.12. The molecular formula is C9H21N3O2. The molecule has 0 aliphatic carbocycles. The second-order valence-corrected chi connectivity index (χ2v) is 3.60. The number of ether oxygens (including phenoxy) is 1. The Morgan fingerprint density at radius 3 is 2.36 bits per heavy atom. The number of nitrogens with zero attached hydrogens (tertiary/aromatic N) is 2. The zero-order valence-corrected chi connectivity index (χ0v) is 9.54. The summed E-state index contributed by atoms with van der Waals surface area (Å²) in [7, 11) is 7.54. The molecule has 0 aromatic carbocycles. The molecule has 0 saturated heterocycles. The molecule has 0 atom stereocenters. The van der Waals surface area contributed by atoms with Crippen LogP contribution >= 0.6 is 0 Å². The highest BCUT2D eigenvalue weighted by atomic mass is 16.5. The minimum absolute atomic E-state index is 0.0140. The summed E-state index contributed by atoms with van der Waals surface area (Å²) in [5.74, 6) is -0.0140. The van der Waals surface area contributed by atoms with Crippen molar-refractivity contribution in [3.63, 3.8) is 0 Å². The third-order valence-corrected chi connectivity index (χ3v) is 1.50. The fraction of sp³-hybridized carbons (Fsp3) is 0.889. The van der Waals surface area contributed by atoms with Crippen LogP contribution in [0.25, 0.3) is 0 Å². The maximum absolute atomic E-state index is 11.1. The van der Waals surface area contributed by atoms with Crippen molar-refractivity contribution in [1.82, 2.24) is 15.3 Å². The maximum atomic E-state index is 11.1. The first-order valence-electron chi connectivity index (χ1n) is 4.71. The van der Waals surface area contributed by atoms with Crippen LogP contribution in [0.5, 0.6) is 0 Å². The van der Waals surface area contributed by atoms with Crippen molar-refractivity contribution in [2.75, 3.05) is 47.9 Å². The number of hydrogen-bond donors (Lipinski definition) is 1. The first-order valence-corrected chi connectivity index (χ1v) is 4.71. The van der Waals surface area contributed by atoms with E-state index in [-0.39, 0.29) is 5.91 Å². The minimum Gasteiger partial charge on any atom is -0.380 e. The van der Waals surface area contributed by atoms with E-state index in [4.69, 9.17) is 4.74 Å². The Kier molecular flexibility index (Phi) is 7.37. The van der Waals surface area contributed by atoms with Gasteiger partial charge in [0.2, 0.25) is 5.91 Å². The molecule has 0 bridgehead atoms. The monoisotopic (exact) mass is 203 g/mol. The Hall–Kier alpha value is -0.650. The molecule has 0 saturated carbocycles. The fourth-order valence-corrected chi connectivity index (χ4v) is 0.819. The summed E-state index contributed by atoms with van der Waals surface area (Å²) in [6, 6.07) is 0. The second kappa shape index (κ2) is 7.73. The predicted octanol–water partition coefficient (Wildman–Crippen LogP) is -0.452. The third-order valence-electron chi connectivity index (χ3n) is 1.50. The van der Waals surface area contributed by atoms with Crippen LogP contribution < -0.4 is 5.43 Å². The van der Waals surface area contributed by atoms with E-state index in [0.717, 1.165) is 6.54 Å².